The largest absolute Gasteiger partial charge is 0.481 e. The maximum atomic E-state index is 13.3. The Kier molecular flexibility index (Phi) is 5.40. The summed E-state index contributed by atoms with van der Waals surface area (Å²) in [6.45, 7) is 2.08. The monoisotopic (exact) mass is 442 g/mol. The third-order valence-corrected chi connectivity index (χ3v) is 5.10. The van der Waals surface area contributed by atoms with Gasteiger partial charge in [-0.05, 0) is 41.8 Å². The minimum Gasteiger partial charge on any atom is -0.481 e. The predicted octanol–water partition coefficient (Wildman–Crippen LogP) is 4.36. The highest BCUT2D eigenvalue weighted by atomic mass is 19.1. The molecule has 3 aromatic heterocycles. The highest BCUT2D eigenvalue weighted by Crippen LogP contribution is 2.25. The molecule has 3 heterocycles. The van der Waals surface area contributed by atoms with E-state index in [2.05, 4.69) is 15.1 Å². The van der Waals surface area contributed by atoms with E-state index < -0.39 is 0 Å². The van der Waals surface area contributed by atoms with E-state index in [-0.39, 0.29) is 35.3 Å². The van der Waals surface area contributed by atoms with Crippen LogP contribution in [0.25, 0.3) is 17.2 Å². The summed E-state index contributed by atoms with van der Waals surface area (Å²) in [5, 5.41) is 4.03. The molecule has 0 aliphatic rings. The van der Waals surface area contributed by atoms with Crippen LogP contribution in [-0.4, -0.2) is 19.5 Å². The van der Waals surface area contributed by atoms with Crippen LogP contribution in [-0.2, 0) is 13.0 Å². The second-order valence-corrected chi connectivity index (χ2v) is 7.62. The number of fused-ring (bicyclic) bond motifs is 1. The van der Waals surface area contributed by atoms with E-state index in [0.717, 1.165) is 16.7 Å². The molecular weight excluding hydrogens is 423 g/mol. The molecule has 0 amide bonds. The first kappa shape index (κ1) is 20.6. The van der Waals surface area contributed by atoms with Crippen LogP contribution in [0.1, 0.15) is 22.6 Å². The van der Waals surface area contributed by atoms with Gasteiger partial charge in [-0.25, -0.2) is 9.37 Å². The summed E-state index contributed by atoms with van der Waals surface area (Å²) < 4.78 is 25.9. The van der Waals surface area contributed by atoms with Crippen LogP contribution in [0, 0.1) is 12.7 Å². The average Bonchev–Trinajstić information content (AvgIpc) is 3.29. The van der Waals surface area contributed by atoms with E-state index in [4.69, 9.17) is 9.26 Å². The number of halogens is 1. The Bertz CT molecular complexity index is 1480. The third-order valence-electron chi connectivity index (χ3n) is 5.10. The van der Waals surface area contributed by atoms with E-state index in [1.54, 1.807) is 24.4 Å². The number of pyridine rings is 1. The smallest absolute Gasteiger partial charge is 0.301 e. The molecule has 0 aliphatic heterocycles. The van der Waals surface area contributed by atoms with Crippen molar-refractivity contribution in [2.45, 2.75) is 20.0 Å². The number of hydrogen-bond acceptors (Lipinski definition) is 6. The molecule has 33 heavy (non-hydrogen) atoms. The Morgan fingerprint density at radius 3 is 2.55 bits per heavy atom. The standard InChI is InChI=1S/C25H19FN4O3/c1-16-7-12-20-27-22(24-28-21(33-29-24)13-17-8-10-19(26)11-9-17)23(25(31)30(20)14-16)32-15-18-5-3-2-4-6-18/h2-12,14H,13,15H2,1H3. The number of hydrogen-bond donors (Lipinski definition) is 0. The lowest BCUT2D eigenvalue weighted by Gasteiger charge is -2.11. The first-order valence-electron chi connectivity index (χ1n) is 10.3. The molecule has 0 aliphatic carbocycles. The van der Waals surface area contributed by atoms with Crippen LogP contribution < -0.4 is 10.3 Å². The first-order chi connectivity index (χ1) is 16.1. The molecule has 0 saturated carbocycles. The van der Waals surface area contributed by atoms with Crippen LogP contribution in [0.4, 0.5) is 4.39 Å². The van der Waals surface area contributed by atoms with E-state index >= 15 is 0 Å². The van der Waals surface area contributed by atoms with Crippen molar-refractivity contribution in [1.29, 1.82) is 0 Å². The van der Waals surface area contributed by atoms with Gasteiger partial charge in [-0.3, -0.25) is 9.20 Å². The lowest BCUT2D eigenvalue weighted by molar-refractivity contribution is 0.301. The van der Waals surface area contributed by atoms with Crippen molar-refractivity contribution in [3.8, 4) is 17.3 Å². The summed E-state index contributed by atoms with van der Waals surface area (Å²) in [5.74, 6) is 0.184. The summed E-state index contributed by atoms with van der Waals surface area (Å²) in [5.41, 5.74) is 2.91. The summed E-state index contributed by atoms with van der Waals surface area (Å²) >= 11 is 0. The summed E-state index contributed by atoms with van der Waals surface area (Å²) in [6, 6.07) is 19.2. The van der Waals surface area contributed by atoms with Crippen molar-refractivity contribution in [1.82, 2.24) is 19.5 Å². The highest BCUT2D eigenvalue weighted by Gasteiger charge is 2.21. The molecule has 0 unspecified atom stereocenters. The molecule has 0 fully saturated rings. The fourth-order valence-electron chi connectivity index (χ4n) is 3.44. The van der Waals surface area contributed by atoms with Gasteiger partial charge in [0.25, 0.3) is 0 Å². The number of ether oxygens (including phenoxy) is 1. The molecule has 5 rings (SSSR count). The average molecular weight is 442 g/mol. The van der Waals surface area contributed by atoms with Crippen molar-refractivity contribution in [3.63, 3.8) is 0 Å². The number of aromatic nitrogens is 4. The SMILES string of the molecule is Cc1ccc2nc(-c3noc(Cc4ccc(F)cc4)n3)c(OCc3ccccc3)c(=O)n2c1. The van der Waals surface area contributed by atoms with Crippen LogP contribution in [0.3, 0.4) is 0 Å². The lowest BCUT2D eigenvalue weighted by Crippen LogP contribution is -2.19. The molecule has 164 valence electrons. The van der Waals surface area contributed by atoms with E-state index in [1.807, 2.05) is 43.3 Å². The second kappa shape index (κ2) is 8.66. The Morgan fingerprint density at radius 1 is 0.970 bits per heavy atom. The number of nitrogens with zero attached hydrogens (tertiary/aromatic N) is 4. The van der Waals surface area contributed by atoms with E-state index in [1.165, 1.54) is 16.5 Å². The first-order valence-corrected chi connectivity index (χ1v) is 10.3. The van der Waals surface area contributed by atoms with Crippen LogP contribution in [0.2, 0.25) is 0 Å². The molecule has 0 radical (unpaired) electrons. The van der Waals surface area contributed by atoms with Crippen LogP contribution in [0.15, 0.2) is 82.2 Å². The number of aryl methyl sites for hydroxylation is 1. The molecule has 0 bridgehead atoms. The van der Waals surface area contributed by atoms with Crippen LogP contribution >= 0.6 is 0 Å². The maximum absolute atomic E-state index is 13.3. The van der Waals surface area contributed by atoms with Gasteiger partial charge < -0.3 is 9.26 Å². The Morgan fingerprint density at radius 2 is 1.76 bits per heavy atom. The Balaban J connectivity index is 1.54. The van der Waals surface area contributed by atoms with Crippen molar-refractivity contribution in [2.75, 3.05) is 0 Å². The van der Waals surface area contributed by atoms with Gasteiger partial charge in [0.2, 0.25) is 17.5 Å². The molecule has 0 atom stereocenters. The van der Waals surface area contributed by atoms with Gasteiger partial charge in [0.1, 0.15) is 18.1 Å². The molecule has 5 aromatic rings. The van der Waals surface area contributed by atoms with E-state index in [0.29, 0.717) is 18.0 Å². The fraction of sp³-hybridized carbons (Fsp3) is 0.120. The number of rotatable bonds is 6. The molecule has 2 aromatic carbocycles. The summed E-state index contributed by atoms with van der Waals surface area (Å²) in [4.78, 5) is 22.3. The second-order valence-electron chi connectivity index (χ2n) is 7.62. The lowest BCUT2D eigenvalue weighted by atomic mass is 10.1. The van der Waals surface area contributed by atoms with Crippen molar-refractivity contribution < 1.29 is 13.7 Å². The highest BCUT2D eigenvalue weighted by molar-refractivity contribution is 5.62. The summed E-state index contributed by atoms with van der Waals surface area (Å²) in [6.07, 6.45) is 2.03. The molecule has 8 heteroatoms. The van der Waals surface area contributed by atoms with Gasteiger partial charge in [0, 0.05) is 6.20 Å². The zero-order valence-corrected chi connectivity index (χ0v) is 17.7. The zero-order chi connectivity index (χ0) is 22.8. The predicted molar refractivity (Wildman–Crippen MR) is 119 cm³/mol. The van der Waals surface area contributed by atoms with Crippen molar-refractivity contribution in [2.24, 2.45) is 0 Å². The van der Waals surface area contributed by atoms with Gasteiger partial charge in [0.15, 0.2) is 5.69 Å². The van der Waals surface area contributed by atoms with Gasteiger partial charge in [0.05, 0.1) is 6.42 Å². The molecule has 0 spiro atoms. The number of benzene rings is 2. The fourth-order valence-corrected chi connectivity index (χ4v) is 3.44. The van der Waals surface area contributed by atoms with Gasteiger partial charge in [-0.15, -0.1) is 0 Å². The summed E-state index contributed by atoms with van der Waals surface area (Å²) in [7, 11) is 0. The van der Waals surface area contributed by atoms with Gasteiger partial charge >= 0.3 is 5.56 Å². The normalized spacial score (nSPS) is 11.1. The minimum atomic E-state index is -0.362. The third kappa shape index (κ3) is 4.36. The molecule has 7 nitrogen and oxygen atoms in total. The van der Waals surface area contributed by atoms with Crippen molar-refractivity contribution >= 4 is 5.65 Å². The zero-order valence-electron chi connectivity index (χ0n) is 17.7. The Hall–Kier alpha value is -4.33. The van der Waals surface area contributed by atoms with Crippen LogP contribution in [0.5, 0.6) is 5.75 Å². The molecular formula is C25H19FN4O3. The Labute approximate surface area is 188 Å². The molecule has 0 saturated heterocycles. The quantitative estimate of drug-likeness (QED) is 0.389. The van der Waals surface area contributed by atoms with Crippen molar-refractivity contribution in [3.05, 3.63) is 112 Å². The van der Waals surface area contributed by atoms with Gasteiger partial charge in [-0.2, -0.15) is 4.98 Å². The van der Waals surface area contributed by atoms with E-state index in [9.17, 15) is 9.18 Å². The maximum Gasteiger partial charge on any atom is 0.301 e. The minimum absolute atomic E-state index is 0.0380. The topological polar surface area (TPSA) is 82.5 Å². The van der Waals surface area contributed by atoms with Gasteiger partial charge in [-0.1, -0.05) is 53.7 Å². The molecule has 0 N–H and O–H groups in total.